The highest BCUT2D eigenvalue weighted by Crippen LogP contribution is 2.17. The van der Waals surface area contributed by atoms with E-state index in [0.717, 1.165) is 70.6 Å². The van der Waals surface area contributed by atoms with E-state index < -0.39 is 6.10 Å². The van der Waals surface area contributed by atoms with Crippen molar-refractivity contribution in [1.29, 1.82) is 0 Å². The van der Waals surface area contributed by atoms with E-state index >= 15 is 0 Å². The number of hydrogen-bond acceptors (Lipinski definition) is 6. The molecule has 0 aliphatic carbocycles. The zero-order valence-electron chi connectivity index (χ0n) is 48.5. The van der Waals surface area contributed by atoms with Crippen LogP contribution < -0.4 is 0 Å². The molecule has 0 aromatic heterocycles. The molecule has 0 rings (SSSR count). The molecule has 0 heterocycles. The molecule has 72 heavy (non-hydrogen) atoms. The van der Waals surface area contributed by atoms with Crippen LogP contribution in [0.4, 0.5) is 0 Å². The maximum Gasteiger partial charge on any atom is 0.306 e. The second kappa shape index (κ2) is 61.2. The van der Waals surface area contributed by atoms with Gasteiger partial charge in [0, 0.05) is 19.3 Å². The standard InChI is InChI=1S/C66H122O6/c1-4-7-10-13-16-19-22-24-26-28-30-31-32-33-34-35-36-38-39-41-44-47-50-53-56-59-65(68)71-62-63(61-70-64(67)58-55-52-49-46-43-21-18-15-12-9-6-3)72-66(69)60-57-54-51-48-45-42-40-37-29-27-25-23-20-17-14-11-8-5-2/h15,18,22,24,28,30,63H,4-14,16-17,19-21,23,25-27,29,31-62H2,1-3H3/b18-15-,24-22-,30-28-. The zero-order valence-corrected chi connectivity index (χ0v) is 48.5. The van der Waals surface area contributed by atoms with E-state index in [1.807, 2.05) is 0 Å². The Bertz CT molecular complexity index is 1210. The topological polar surface area (TPSA) is 78.9 Å². The number of carbonyl (C=O) groups is 3. The van der Waals surface area contributed by atoms with Crippen molar-refractivity contribution in [3.63, 3.8) is 0 Å². The van der Waals surface area contributed by atoms with Crippen molar-refractivity contribution in [1.82, 2.24) is 0 Å². The Balaban J connectivity index is 4.21. The van der Waals surface area contributed by atoms with Crippen LogP contribution in [0.5, 0.6) is 0 Å². The highest BCUT2D eigenvalue weighted by Gasteiger charge is 2.19. The summed E-state index contributed by atoms with van der Waals surface area (Å²) in [5.41, 5.74) is 0. The average molecular weight is 1010 g/mol. The maximum absolute atomic E-state index is 12.9. The van der Waals surface area contributed by atoms with Crippen molar-refractivity contribution in [2.75, 3.05) is 13.2 Å². The third kappa shape index (κ3) is 58.5. The largest absolute Gasteiger partial charge is 0.462 e. The second-order valence-corrected chi connectivity index (χ2v) is 21.7. The van der Waals surface area contributed by atoms with Crippen LogP contribution in [0, 0.1) is 0 Å². The Kier molecular flexibility index (Phi) is 59.2. The van der Waals surface area contributed by atoms with Crippen molar-refractivity contribution < 1.29 is 28.6 Å². The molecule has 0 saturated carbocycles. The van der Waals surface area contributed by atoms with E-state index in [1.165, 1.54) is 238 Å². The van der Waals surface area contributed by atoms with Crippen LogP contribution in [-0.4, -0.2) is 37.2 Å². The molecular weight excluding hydrogens is 889 g/mol. The van der Waals surface area contributed by atoms with Crippen LogP contribution in [0.25, 0.3) is 0 Å². The Hall–Kier alpha value is -2.37. The average Bonchev–Trinajstić information content (AvgIpc) is 3.38. The molecule has 1 atom stereocenters. The lowest BCUT2D eigenvalue weighted by molar-refractivity contribution is -0.167. The van der Waals surface area contributed by atoms with Gasteiger partial charge in [-0.1, -0.05) is 295 Å². The van der Waals surface area contributed by atoms with Crippen molar-refractivity contribution >= 4 is 17.9 Å². The molecule has 6 heteroatoms. The van der Waals surface area contributed by atoms with Crippen LogP contribution in [-0.2, 0) is 28.6 Å². The van der Waals surface area contributed by atoms with Gasteiger partial charge in [-0.05, 0) is 70.6 Å². The molecule has 6 nitrogen and oxygen atoms in total. The number of esters is 3. The maximum atomic E-state index is 12.9. The molecule has 0 aromatic carbocycles. The van der Waals surface area contributed by atoms with Gasteiger partial charge in [0.05, 0.1) is 0 Å². The Morgan fingerprint density at radius 1 is 0.278 bits per heavy atom. The third-order valence-corrected chi connectivity index (χ3v) is 14.4. The molecule has 0 radical (unpaired) electrons. The predicted octanol–water partition coefficient (Wildman–Crippen LogP) is 21.6. The summed E-state index contributed by atoms with van der Waals surface area (Å²) < 4.78 is 16.9. The molecule has 0 bridgehead atoms. The molecule has 0 saturated heterocycles. The minimum absolute atomic E-state index is 0.0708. The van der Waals surface area contributed by atoms with E-state index in [-0.39, 0.29) is 31.1 Å². The van der Waals surface area contributed by atoms with E-state index in [9.17, 15) is 14.4 Å². The number of rotatable bonds is 59. The van der Waals surface area contributed by atoms with Crippen LogP contribution >= 0.6 is 0 Å². The first-order valence-electron chi connectivity index (χ1n) is 32.0. The SMILES string of the molecule is CCCC/C=C\CCCCCCCC(=O)OCC(COC(=O)CCCCCCCCCCCCCCC/C=C\C/C=C\CCCCCCC)OC(=O)CCCCCCCCCCCCCCCCCCCC. The van der Waals surface area contributed by atoms with E-state index in [0.29, 0.717) is 19.3 Å². The Labute approximate surface area is 448 Å². The lowest BCUT2D eigenvalue weighted by Gasteiger charge is -2.18. The quantitative estimate of drug-likeness (QED) is 0.0261. The second-order valence-electron chi connectivity index (χ2n) is 21.7. The molecule has 0 spiro atoms. The molecule has 422 valence electrons. The van der Waals surface area contributed by atoms with Gasteiger partial charge in [-0.25, -0.2) is 0 Å². The first-order valence-corrected chi connectivity index (χ1v) is 32.0. The van der Waals surface area contributed by atoms with Gasteiger partial charge < -0.3 is 14.2 Å². The van der Waals surface area contributed by atoms with Crippen molar-refractivity contribution in [2.45, 2.75) is 354 Å². The number of unbranched alkanes of at least 4 members (excludes halogenated alkanes) is 42. The van der Waals surface area contributed by atoms with Gasteiger partial charge in [-0.2, -0.15) is 0 Å². The van der Waals surface area contributed by atoms with Gasteiger partial charge in [-0.3, -0.25) is 14.4 Å². The fraction of sp³-hybridized carbons (Fsp3) is 0.864. The summed E-state index contributed by atoms with van der Waals surface area (Å²) in [6.45, 7) is 6.64. The van der Waals surface area contributed by atoms with Crippen LogP contribution in [0.3, 0.4) is 0 Å². The van der Waals surface area contributed by atoms with Gasteiger partial charge in [-0.15, -0.1) is 0 Å². The lowest BCUT2D eigenvalue weighted by atomic mass is 10.0. The Morgan fingerprint density at radius 2 is 0.514 bits per heavy atom. The summed E-state index contributed by atoms with van der Waals surface area (Å²) in [6.07, 6.45) is 74.4. The third-order valence-electron chi connectivity index (χ3n) is 14.4. The van der Waals surface area contributed by atoms with Gasteiger partial charge >= 0.3 is 17.9 Å². The smallest absolute Gasteiger partial charge is 0.306 e. The minimum Gasteiger partial charge on any atom is -0.462 e. The van der Waals surface area contributed by atoms with Crippen LogP contribution in [0.2, 0.25) is 0 Å². The number of ether oxygens (including phenoxy) is 3. The number of allylic oxidation sites excluding steroid dienone is 6. The molecule has 0 amide bonds. The highest BCUT2D eigenvalue weighted by atomic mass is 16.6. The van der Waals surface area contributed by atoms with Crippen molar-refractivity contribution in [2.24, 2.45) is 0 Å². The first-order chi connectivity index (χ1) is 35.5. The summed E-state index contributed by atoms with van der Waals surface area (Å²) in [5.74, 6) is -0.859. The van der Waals surface area contributed by atoms with Crippen LogP contribution in [0.1, 0.15) is 348 Å². The van der Waals surface area contributed by atoms with Gasteiger partial charge in [0.2, 0.25) is 0 Å². The molecule has 0 aliphatic rings. The summed E-state index contributed by atoms with van der Waals surface area (Å²) in [6, 6.07) is 0. The van der Waals surface area contributed by atoms with Gasteiger partial charge in [0.15, 0.2) is 6.10 Å². The van der Waals surface area contributed by atoms with Crippen LogP contribution in [0.15, 0.2) is 36.5 Å². The molecular formula is C66H122O6. The number of hydrogen-bond donors (Lipinski definition) is 0. The first kappa shape index (κ1) is 69.6. The van der Waals surface area contributed by atoms with E-state index in [2.05, 4.69) is 57.2 Å². The van der Waals surface area contributed by atoms with Crippen molar-refractivity contribution in [3.05, 3.63) is 36.5 Å². The van der Waals surface area contributed by atoms with Gasteiger partial charge in [0.25, 0.3) is 0 Å². The van der Waals surface area contributed by atoms with Gasteiger partial charge in [0.1, 0.15) is 13.2 Å². The van der Waals surface area contributed by atoms with E-state index in [4.69, 9.17) is 14.2 Å². The van der Waals surface area contributed by atoms with Crippen molar-refractivity contribution in [3.8, 4) is 0 Å². The lowest BCUT2D eigenvalue weighted by Crippen LogP contribution is -2.30. The molecule has 0 aromatic rings. The molecule has 0 N–H and O–H groups in total. The summed E-state index contributed by atoms with van der Waals surface area (Å²) in [7, 11) is 0. The summed E-state index contributed by atoms with van der Waals surface area (Å²) >= 11 is 0. The fourth-order valence-corrected chi connectivity index (χ4v) is 9.52. The fourth-order valence-electron chi connectivity index (χ4n) is 9.52. The highest BCUT2D eigenvalue weighted by molar-refractivity contribution is 5.71. The van der Waals surface area contributed by atoms with E-state index in [1.54, 1.807) is 0 Å². The Morgan fingerprint density at radius 3 is 0.819 bits per heavy atom. The molecule has 0 aliphatic heterocycles. The minimum atomic E-state index is -0.772. The zero-order chi connectivity index (χ0) is 52.2. The molecule has 1 unspecified atom stereocenters. The summed E-state index contributed by atoms with van der Waals surface area (Å²) in [4.78, 5) is 38.2. The molecule has 0 fully saturated rings. The monoisotopic (exact) mass is 1010 g/mol. The number of carbonyl (C=O) groups excluding carboxylic acids is 3. The predicted molar refractivity (Wildman–Crippen MR) is 312 cm³/mol. The normalized spacial score (nSPS) is 12.2. The summed E-state index contributed by atoms with van der Waals surface area (Å²) in [5, 5.41) is 0.